The van der Waals surface area contributed by atoms with Gasteiger partial charge >= 0.3 is 0 Å². The van der Waals surface area contributed by atoms with Crippen molar-refractivity contribution in [2.24, 2.45) is 0 Å². The molecule has 2 aromatic carbocycles. The first-order valence-electron chi connectivity index (χ1n) is 7.26. The third-order valence-corrected chi connectivity index (χ3v) is 3.58. The van der Waals surface area contributed by atoms with E-state index in [2.05, 4.69) is 15.0 Å². The second-order valence-corrected chi connectivity index (χ2v) is 5.19. The number of phenols is 1. The van der Waals surface area contributed by atoms with Gasteiger partial charge < -0.3 is 14.8 Å². The maximum absolute atomic E-state index is 13.7. The van der Waals surface area contributed by atoms with E-state index in [1.807, 2.05) is 0 Å². The van der Waals surface area contributed by atoms with Crippen LogP contribution in [-0.4, -0.2) is 20.1 Å². The molecule has 0 spiro atoms. The first-order chi connectivity index (χ1) is 11.7. The van der Waals surface area contributed by atoms with E-state index >= 15 is 0 Å². The molecule has 2 N–H and O–H groups in total. The predicted molar refractivity (Wildman–Crippen MR) is 87.5 cm³/mol. The van der Waals surface area contributed by atoms with Crippen LogP contribution >= 0.6 is 0 Å². The fourth-order valence-electron chi connectivity index (χ4n) is 2.36. The number of rotatable bonds is 3. The molecule has 0 unspecified atom stereocenters. The van der Waals surface area contributed by atoms with Crippen molar-refractivity contribution in [2.75, 3.05) is 0 Å². The lowest BCUT2D eigenvalue weighted by Crippen LogP contribution is -1.90. The number of hydrogen-bond acceptors (Lipinski definition) is 4. The number of benzene rings is 2. The highest BCUT2D eigenvalue weighted by atomic mass is 19.1. The van der Waals surface area contributed by atoms with Crippen LogP contribution in [0.1, 0.15) is 0 Å². The number of ether oxygens (including phenoxy) is 1. The number of phenolic OH excluding ortho intramolecular Hbond substituents is 1. The average Bonchev–Trinajstić information content (AvgIpc) is 3.00. The van der Waals surface area contributed by atoms with Crippen LogP contribution in [0.4, 0.5) is 4.39 Å². The van der Waals surface area contributed by atoms with Crippen LogP contribution in [0, 0.1) is 5.82 Å². The number of H-pyrrole nitrogens is 1. The topological polar surface area (TPSA) is 71.0 Å². The highest BCUT2D eigenvalue weighted by Crippen LogP contribution is 2.31. The molecule has 0 amide bonds. The minimum absolute atomic E-state index is 0.140. The number of hydrogen-bond donors (Lipinski definition) is 2. The quantitative estimate of drug-likeness (QED) is 0.591. The highest BCUT2D eigenvalue weighted by molar-refractivity contribution is 5.83. The predicted octanol–water partition coefficient (Wildman–Crippen LogP) is 4.26. The Kier molecular flexibility index (Phi) is 3.35. The summed E-state index contributed by atoms with van der Waals surface area (Å²) < 4.78 is 19.3. The van der Waals surface area contributed by atoms with E-state index in [1.54, 1.807) is 54.9 Å². The number of nitrogens with one attached hydrogen (secondary N) is 1. The van der Waals surface area contributed by atoms with Gasteiger partial charge in [-0.1, -0.05) is 12.1 Å². The van der Waals surface area contributed by atoms with Crippen molar-refractivity contribution >= 4 is 11.0 Å². The van der Waals surface area contributed by atoms with Crippen LogP contribution in [0.15, 0.2) is 60.9 Å². The number of aromatic hydroxyl groups is 1. The largest absolute Gasteiger partial charge is 0.508 e. The van der Waals surface area contributed by atoms with Crippen molar-refractivity contribution in [3.63, 3.8) is 0 Å². The lowest BCUT2D eigenvalue weighted by Gasteiger charge is -2.05. The fraction of sp³-hybridized carbons (Fsp3) is 0. The standard InChI is InChI=1S/C18H12FN3O2/c19-14-3-1-2-4-15(14)24-16-10-21-18-13(16)9-20-17(22-18)11-5-7-12(23)8-6-11/h1-10,23H,(H,20,21,22). The van der Waals surface area contributed by atoms with Gasteiger partial charge in [0.15, 0.2) is 23.1 Å². The Labute approximate surface area is 136 Å². The van der Waals surface area contributed by atoms with E-state index < -0.39 is 5.82 Å². The van der Waals surface area contributed by atoms with E-state index in [0.717, 1.165) is 5.56 Å². The summed E-state index contributed by atoms with van der Waals surface area (Å²) in [7, 11) is 0. The lowest BCUT2D eigenvalue weighted by molar-refractivity contribution is 0.446. The van der Waals surface area contributed by atoms with E-state index in [4.69, 9.17) is 4.74 Å². The fourth-order valence-corrected chi connectivity index (χ4v) is 2.36. The van der Waals surface area contributed by atoms with Gasteiger partial charge in [-0.2, -0.15) is 0 Å². The third kappa shape index (κ3) is 2.54. The number of aromatic amines is 1. The van der Waals surface area contributed by atoms with Crippen LogP contribution < -0.4 is 4.74 Å². The molecule has 0 atom stereocenters. The number of halogens is 1. The van der Waals surface area contributed by atoms with Gasteiger partial charge in [-0.3, -0.25) is 0 Å². The molecule has 5 nitrogen and oxygen atoms in total. The van der Waals surface area contributed by atoms with Gasteiger partial charge in [-0.15, -0.1) is 0 Å². The molecule has 0 radical (unpaired) electrons. The zero-order chi connectivity index (χ0) is 16.5. The molecule has 0 fully saturated rings. The zero-order valence-electron chi connectivity index (χ0n) is 12.4. The Hall–Kier alpha value is -3.41. The minimum atomic E-state index is -0.437. The molecule has 2 aromatic heterocycles. The van der Waals surface area contributed by atoms with Crippen LogP contribution in [0.5, 0.6) is 17.2 Å². The van der Waals surface area contributed by atoms with Gasteiger partial charge in [0.05, 0.1) is 5.39 Å². The van der Waals surface area contributed by atoms with Crippen LogP contribution in [-0.2, 0) is 0 Å². The van der Waals surface area contributed by atoms with Crippen molar-refractivity contribution in [3.8, 4) is 28.6 Å². The number of nitrogens with zero attached hydrogens (tertiary/aromatic N) is 2. The molecule has 0 saturated heterocycles. The Balaban J connectivity index is 1.70. The molecule has 0 saturated carbocycles. The van der Waals surface area contributed by atoms with Crippen molar-refractivity contribution < 1.29 is 14.2 Å². The highest BCUT2D eigenvalue weighted by Gasteiger charge is 2.12. The van der Waals surface area contributed by atoms with Gasteiger partial charge in [0.25, 0.3) is 0 Å². The molecule has 0 aliphatic rings. The van der Waals surface area contributed by atoms with E-state index in [0.29, 0.717) is 22.6 Å². The summed E-state index contributed by atoms with van der Waals surface area (Å²) >= 11 is 0. The third-order valence-electron chi connectivity index (χ3n) is 3.58. The SMILES string of the molecule is Oc1ccc(-c2ncc3c(Oc4ccccc4F)c[nH]c3n2)cc1. The first-order valence-corrected chi connectivity index (χ1v) is 7.26. The second-order valence-electron chi connectivity index (χ2n) is 5.19. The van der Waals surface area contributed by atoms with Crippen molar-refractivity contribution in [1.29, 1.82) is 0 Å². The van der Waals surface area contributed by atoms with Crippen molar-refractivity contribution in [1.82, 2.24) is 15.0 Å². The maximum atomic E-state index is 13.7. The molecular formula is C18H12FN3O2. The Morgan fingerprint density at radius 3 is 2.58 bits per heavy atom. The molecule has 0 bridgehead atoms. The normalized spacial score (nSPS) is 10.9. The van der Waals surface area contributed by atoms with Gasteiger partial charge in [-0.25, -0.2) is 14.4 Å². The molecule has 4 aromatic rings. The summed E-state index contributed by atoms with van der Waals surface area (Å²) in [6.45, 7) is 0. The number of para-hydroxylation sites is 1. The zero-order valence-corrected chi connectivity index (χ0v) is 12.4. The summed E-state index contributed by atoms with van der Waals surface area (Å²) in [6, 6.07) is 12.8. The summed E-state index contributed by atoms with van der Waals surface area (Å²) in [6.07, 6.45) is 3.24. The molecule has 6 heteroatoms. The molecule has 0 aliphatic carbocycles. The van der Waals surface area contributed by atoms with Crippen molar-refractivity contribution in [3.05, 3.63) is 66.7 Å². The van der Waals surface area contributed by atoms with Gasteiger partial charge in [0.2, 0.25) is 0 Å². The summed E-state index contributed by atoms with van der Waals surface area (Å²) in [5, 5.41) is 10.0. The summed E-state index contributed by atoms with van der Waals surface area (Å²) in [5.74, 6) is 0.851. The molecule has 24 heavy (non-hydrogen) atoms. The van der Waals surface area contributed by atoms with Crippen LogP contribution in [0.25, 0.3) is 22.4 Å². The monoisotopic (exact) mass is 321 g/mol. The van der Waals surface area contributed by atoms with E-state index in [-0.39, 0.29) is 11.5 Å². The molecule has 2 heterocycles. The Bertz CT molecular complexity index is 1010. The molecule has 118 valence electrons. The van der Waals surface area contributed by atoms with Crippen LogP contribution in [0.3, 0.4) is 0 Å². The first kappa shape index (κ1) is 14.2. The summed E-state index contributed by atoms with van der Waals surface area (Å²) in [4.78, 5) is 11.8. The molecule has 4 rings (SSSR count). The van der Waals surface area contributed by atoms with E-state index in [9.17, 15) is 9.50 Å². The Morgan fingerprint density at radius 1 is 1.00 bits per heavy atom. The van der Waals surface area contributed by atoms with E-state index in [1.165, 1.54) is 6.07 Å². The number of fused-ring (bicyclic) bond motifs is 1. The van der Waals surface area contributed by atoms with Gasteiger partial charge in [-0.05, 0) is 36.4 Å². The molecule has 0 aliphatic heterocycles. The van der Waals surface area contributed by atoms with Crippen molar-refractivity contribution in [2.45, 2.75) is 0 Å². The average molecular weight is 321 g/mol. The molecular weight excluding hydrogens is 309 g/mol. The minimum Gasteiger partial charge on any atom is -0.508 e. The Morgan fingerprint density at radius 2 is 1.79 bits per heavy atom. The van der Waals surface area contributed by atoms with Crippen LogP contribution in [0.2, 0.25) is 0 Å². The number of aromatic nitrogens is 3. The maximum Gasteiger partial charge on any atom is 0.165 e. The van der Waals surface area contributed by atoms with Gasteiger partial charge in [0.1, 0.15) is 11.4 Å². The lowest BCUT2D eigenvalue weighted by atomic mass is 10.2. The summed E-state index contributed by atoms with van der Waals surface area (Å²) in [5.41, 5.74) is 1.36. The van der Waals surface area contributed by atoms with Gasteiger partial charge in [0, 0.05) is 18.0 Å². The smallest absolute Gasteiger partial charge is 0.165 e. The second kappa shape index (κ2) is 5.66.